The molecule has 5 nitrogen and oxygen atoms in total. The van der Waals surface area contributed by atoms with Crippen molar-refractivity contribution < 1.29 is 4.74 Å². The van der Waals surface area contributed by atoms with Gasteiger partial charge < -0.3 is 20.4 Å². The van der Waals surface area contributed by atoms with Crippen molar-refractivity contribution in [1.82, 2.24) is 15.6 Å². The molecule has 1 aromatic carbocycles. The molecule has 0 amide bonds. The molecule has 6 heteroatoms. The van der Waals surface area contributed by atoms with Gasteiger partial charge in [0.15, 0.2) is 5.96 Å². The van der Waals surface area contributed by atoms with Crippen LogP contribution in [-0.4, -0.2) is 42.3 Å². The lowest BCUT2D eigenvalue weighted by Crippen LogP contribution is -2.47. The second-order valence-electron chi connectivity index (χ2n) is 6.75. The van der Waals surface area contributed by atoms with E-state index >= 15 is 0 Å². The third-order valence-electron chi connectivity index (χ3n) is 5.01. The number of H-pyrrole nitrogens is 1. The lowest BCUT2D eigenvalue weighted by atomic mass is 9.96. The Kier molecular flexibility index (Phi) is 6.22. The summed E-state index contributed by atoms with van der Waals surface area (Å²) >= 11 is 0. The van der Waals surface area contributed by atoms with Crippen LogP contribution in [-0.2, 0) is 11.2 Å². The highest BCUT2D eigenvalue weighted by molar-refractivity contribution is 14.0. The molecule has 136 valence electrons. The van der Waals surface area contributed by atoms with Gasteiger partial charge in [0.2, 0.25) is 0 Å². The van der Waals surface area contributed by atoms with Crippen molar-refractivity contribution in [3.05, 3.63) is 36.0 Å². The fraction of sp³-hybridized carbons (Fsp3) is 0.526. The first kappa shape index (κ1) is 18.5. The highest BCUT2D eigenvalue weighted by Gasteiger charge is 2.41. The maximum Gasteiger partial charge on any atom is 0.191 e. The minimum atomic E-state index is 0. The molecule has 25 heavy (non-hydrogen) atoms. The van der Waals surface area contributed by atoms with Gasteiger partial charge in [-0.05, 0) is 43.7 Å². The number of para-hydroxylation sites is 1. The van der Waals surface area contributed by atoms with E-state index in [1.165, 1.54) is 29.4 Å². The second-order valence-corrected chi connectivity index (χ2v) is 6.75. The lowest BCUT2D eigenvalue weighted by Gasteiger charge is -2.22. The molecule has 2 aliphatic rings. The maximum absolute atomic E-state index is 5.92. The highest BCUT2D eigenvalue weighted by atomic mass is 127. The van der Waals surface area contributed by atoms with E-state index in [2.05, 4.69) is 52.9 Å². The number of hydrogen-bond donors (Lipinski definition) is 3. The Balaban J connectivity index is 0.00000182. The average molecular weight is 454 g/mol. The molecule has 2 saturated heterocycles. The van der Waals surface area contributed by atoms with Gasteiger partial charge in [-0.25, -0.2) is 0 Å². The van der Waals surface area contributed by atoms with Crippen LogP contribution in [0.25, 0.3) is 10.9 Å². The number of nitrogens with zero attached hydrogens (tertiary/aromatic N) is 1. The molecule has 0 spiro atoms. The number of aromatic nitrogens is 1. The summed E-state index contributed by atoms with van der Waals surface area (Å²) in [5.41, 5.74) is 2.43. The fourth-order valence-corrected chi connectivity index (χ4v) is 3.84. The minimum absolute atomic E-state index is 0. The summed E-state index contributed by atoms with van der Waals surface area (Å²) in [4.78, 5) is 8.21. The molecule has 2 fully saturated rings. The van der Waals surface area contributed by atoms with Gasteiger partial charge >= 0.3 is 0 Å². The quantitative estimate of drug-likeness (QED) is 0.370. The van der Waals surface area contributed by atoms with Gasteiger partial charge in [-0.3, -0.25) is 4.99 Å². The summed E-state index contributed by atoms with van der Waals surface area (Å²) in [6, 6.07) is 11.0. The molecule has 3 N–H and O–H groups in total. The number of halogens is 1. The van der Waals surface area contributed by atoms with E-state index in [1.54, 1.807) is 0 Å². The molecular formula is C19H27IN4O. The molecule has 2 aromatic rings. The van der Waals surface area contributed by atoms with Crippen LogP contribution in [0.2, 0.25) is 0 Å². The monoisotopic (exact) mass is 454 g/mol. The van der Waals surface area contributed by atoms with Crippen LogP contribution in [0.1, 0.15) is 31.9 Å². The number of nitrogens with one attached hydrogen (secondary N) is 3. The maximum atomic E-state index is 5.92. The third kappa shape index (κ3) is 4.28. The molecule has 2 aliphatic heterocycles. The van der Waals surface area contributed by atoms with Crippen LogP contribution in [0.3, 0.4) is 0 Å². The Morgan fingerprint density at radius 2 is 2.20 bits per heavy atom. The van der Waals surface area contributed by atoms with Gasteiger partial charge in [-0.1, -0.05) is 18.2 Å². The molecule has 3 unspecified atom stereocenters. The van der Waals surface area contributed by atoms with E-state index in [0.29, 0.717) is 18.2 Å². The molecule has 4 rings (SSSR count). The SMILES string of the molecule is CCNC(=NCCc1cc2ccccc2[nH]1)NC1CC2CCC1O2.I. The molecular weight excluding hydrogens is 427 g/mol. The first-order chi connectivity index (χ1) is 11.8. The van der Waals surface area contributed by atoms with Crippen LogP contribution in [0.5, 0.6) is 0 Å². The minimum Gasteiger partial charge on any atom is -0.373 e. The van der Waals surface area contributed by atoms with Crippen molar-refractivity contribution in [2.45, 2.75) is 50.9 Å². The molecule has 3 heterocycles. The second kappa shape index (κ2) is 8.40. The van der Waals surface area contributed by atoms with Crippen molar-refractivity contribution in [2.24, 2.45) is 4.99 Å². The predicted octanol–water partition coefficient (Wildman–Crippen LogP) is 3.20. The smallest absolute Gasteiger partial charge is 0.191 e. The summed E-state index contributed by atoms with van der Waals surface area (Å²) in [7, 11) is 0. The zero-order valence-electron chi connectivity index (χ0n) is 14.6. The zero-order chi connectivity index (χ0) is 16.4. The number of aromatic amines is 1. The molecule has 0 saturated carbocycles. The zero-order valence-corrected chi connectivity index (χ0v) is 17.0. The number of aliphatic imine (C=N–C) groups is 1. The molecule has 0 radical (unpaired) electrons. The summed E-state index contributed by atoms with van der Waals surface area (Å²) in [6.07, 6.45) is 5.25. The fourth-order valence-electron chi connectivity index (χ4n) is 3.84. The number of rotatable bonds is 5. The summed E-state index contributed by atoms with van der Waals surface area (Å²) < 4.78 is 5.92. The van der Waals surface area contributed by atoms with Gasteiger partial charge in [0.25, 0.3) is 0 Å². The molecule has 3 atom stereocenters. The first-order valence-corrected chi connectivity index (χ1v) is 9.09. The molecule has 0 aliphatic carbocycles. The highest BCUT2D eigenvalue weighted by Crippen LogP contribution is 2.34. The van der Waals surface area contributed by atoms with E-state index in [1.807, 2.05) is 0 Å². The Morgan fingerprint density at radius 1 is 1.32 bits per heavy atom. The van der Waals surface area contributed by atoms with Crippen LogP contribution in [0.15, 0.2) is 35.3 Å². The Morgan fingerprint density at radius 3 is 2.92 bits per heavy atom. The van der Waals surface area contributed by atoms with E-state index in [9.17, 15) is 0 Å². The van der Waals surface area contributed by atoms with Crippen molar-refractivity contribution in [3.63, 3.8) is 0 Å². The van der Waals surface area contributed by atoms with E-state index in [0.717, 1.165) is 31.9 Å². The number of ether oxygens (including phenoxy) is 1. The van der Waals surface area contributed by atoms with Crippen LogP contribution in [0.4, 0.5) is 0 Å². The largest absolute Gasteiger partial charge is 0.373 e. The number of benzene rings is 1. The van der Waals surface area contributed by atoms with Crippen LogP contribution >= 0.6 is 24.0 Å². The van der Waals surface area contributed by atoms with E-state index in [4.69, 9.17) is 9.73 Å². The van der Waals surface area contributed by atoms with Gasteiger partial charge in [0.05, 0.1) is 18.2 Å². The first-order valence-electron chi connectivity index (χ1n) is 9.09. The molecule has 2 bridgehead atoms. The summed E-state index contributed by atoms with van der Waals surface area (Å²) in [5, 5.41) is 8.18. The van der Waals surface area contributed by atoms with Crippen LogP contribution < -0.4 is 10.6 Å². The van der Waals surface area contributed by atoms with Crippen molar-refractivity contribution >= 4 is 40.8 Å². The standard InChI is InChI=1S/C19H26N4O.HI/c1-2-20-19(23-17-12-15-7-8-18(17)24-15)21-10-9-14-11-13-5-3-4-6-16(13)22-14;/h3-6,11,15,17-18,22H,2,7-10,12H2,1H3,(H2,20,21,23);1H. The Bertz CT molecular complexity index is 696. The van der Waals surface area contributed by atoms with Gasteiger partial charge in [0, 0.05) is 30.7 Å². The van der Waals surface area contributed by atoms with E-state index < -0.39 is 0 Å². The normalized spacial score (nSPS) is 25.2. The Hall–Kier alpha value is -1.28. The van der Waals surface area contributed by atoms with Crippen molar-refractivity contribution in [2.75, 3.05) is 13.1 Å². The third-order valence-corrected chi connectivity index (χ3v) is 5.01. The van der Waals surface area contributed by atoms with Crippen molar-refractivity contribution in [1.29, 1.82) is 0 Å². The van der Waals surface area contributed by atoms with Gasteiger partial charge in [-0.15, -0.1) is 24.0 Å². The van der Waals surface area contributed by atoms with E-state index in [-0.39, 0.29) is 24.0 Å². The topological polar surface area (TPSA) is 61.4 Å². The predicted molar refractivity (Wildman–Crippen MR) is 113 cm³/mol. The Labute approximate surface area is 166 Å². The van der Waals surface area contributed by atoms with Gasteiger partial charge in [-0.2, -0.15) is 0 Å². The lowest BCUT2D eigenvalue weighted by molar-refractivity contribution is 0.0992. The molecule has 1 aromatic heterocycles. The summed E-state index contributed by atoms with van der Waals surface area (Å²) in [5.74, 6) is 0.912. The number of fused-ring (bicyclic) bond motifs is 3. The number of hydrogen-bond acceptors (Lipinski definition) is 2. The van der Waals surface area contributed by atoms with Crippen molar-refractivity contribution in [3.8, 4) is 0 Å². The van der Waals surface area contributed by atoms with Gasteiger partial charge in [0.1, 0.15) is 0 Å². The average Bonchev–Trinajstić information content (AvgIpc) is 3.29. The summed E-state index contributed by atoms with van der Waals surface area (Å²) in [6.45, 7) is 3.75. The van der Waals surface area contributed by atoms with Crippen LogP contribution in [0, 0.1) is 0 Å². The number of guanidine groups is 1.